The zero-order valence-corrected chi connectivity index (χ0v) is 12.4. The van der Waals surface area contributed by atoms with Gasteiger partial charge in [-0.3, -0.25) is 0 Å². The van der Waals surface area contributed by atoms with E-state index < -0.39 is 11.0 Å². The molecule has 102 valence electrons. The summed E-state index contributed by atoms with van der Waals surface area (Å²) in [5.41, 5.74) is 1.06. The van der Waals surface area contributed by atoms with Crippen LogP contribution in [0.5, 0.6) is 5.75 Å². The number of benzene rings is 1. The van der Waals surface area contributed by atoms with Gasteiger partial charge >= 0.3 is 0 Å². The van der Waals surface area contributed by atoms with Gasteiger partial charge in [-0.25, -0.2) is 8.93 Å². The fourth-order valence-corrected chi connectivity index (χ4v) is 2.46. The SMILES string of the molecule is CCCC(NS(=O)C(C)(C)C)c1ccc(O)cc1. The van der Waals surface area contributed by atoms with Crippen LogP contribution in [0.1, 0.15) is 52.1 Å². The van der Waals surface area contributed by atoms with Crippen molar-refractivity contribution in [3.63, 3.8) is 0 Å². The molecule has 0 aliphatic carbocycles. The molecule has 0 saturated heterocycles. The van der Waals surface area contributed by atoms with E-state index in [0.29, 0.717) is 0 Å². The minimum Gasteiger partial charge on any atom is -0.508 e. The summed E-state index contributed by atoms with van der Waals surface area (Å²) < 4.78 is 15.0. The van der Waals surface area contributed by atoms with Crippen LogP contribution < -0.4 is 4.72 Å². The van der Waals surface area contributed by atoms with E-state index in [1.807, 2.05) is 32.9 Å². The first kappa shape index (κ1) is 15.2. The molecule has 1 aromatic carbocycles. The molecule has 1 aromatic rings. The Morgan fingerprint density at radius 1 is 1.28 bits per heavy atom. The van der Waals surface area contributed by atoms with E-state index in [9.17, 15) is 9.32 Å². The summed E-state index contributed by atoms with van der Waals surface area (Å²) >= 11 is 0. The highest BCUT2D eigenvalue weighted by Crippen LogP contribution is 2.23. The van der Waals surface area contributed by atoms with Crippen LogP contribution in [0, 0.1) is 0 Å². The summed E-state index contributed by atoms with van der Waals surface area (Å²) in [6.45, 7) is 7.97. The van der Waals surface area contributed by atoms with Crippen molar-refractivity contribution in [3.8, 4) is 5.75 Å². The molecule has 0 aliphatic heterocycles. The molecule has 0 fully saturated rings. The summed E-state index contributed by atoms with van der Waals surface area (Å²) in [4.78, 5) is 0. The van der Waals surface area contributed by atoms with Crippen LogP contribution in [0.2, 0.25) is 0 Å². The lowest BCUT2D eigenvalue weighted by Crippen LogP contribution is -2.35. The zero-order valence-electron chi connectivity index (χ0n) is 11.6. The second kappa shape index (κ2) is 6.34. The molecule has 0 aromatic heterocycles. The van der Waals surface area contributed by atoms with Crippen molar-refractivity contribution in [1.29, 1.82) is 0 Å². The molecule has 0 radical (unpaired) electrons. The van der Waals surface area contributed by atoms with Crippen LogP contribution in [0.15, 0.2) is 24.3 Å². The largest absolute Gasteiger partial charge is 0.508 e. The Balaban J connectivity index is 2.83. The van der Waals surface area contributed by atoms with Gasteiger partial charge in [0.2, 0.25) is 0 Å². The van der Waals surface area contributed by atoms with Crippen molar-refractivity contribution < 1.29 is 9.32 Å². The van der Waals surface area contributed by atoms with Gasteiger partial charge < -0.3 is 5.11 Å². The van der Waals surface area contributed by atoms with E-state index in [1.165, 1.54) is 0 Å². The van der Waals surface area contributed by atoms with Crippen molar-refractivity contribution in [1.82, 2.24) is 4.72 Å². The van der Waals surface area contributed by atoms with Crippen LogP contribution >= 0.6 is 0 Å². The van der Waals surface area contributed by atoms with Gasteiger partial charge in [-0.05, 0) is 44.9 Å². The summed E-state index contributed by atoms with van der Waals surface area (Å²) in [6.07, 6.45) is 1.94. The van der Waals surface area contributed by atoms with Gasteiger partial charge in [-0.15, -0.1) is 0 Å². The van der Waals surface area contributed by atoms with Crippen molar-refractivity contribution in [2.45, 2.75) is 51.3 Å². The van der Waals surface area contributed by atoms with Crippen molar-refractivity contribution in [3.05, 3.63) is 29.8 Å². The maximum atomic E-state index is 12.1. The maximum absolute atomic E-state index is 12.1. The first-order valence-corrected chi connectivity index (χ1v) is 7.46. The van der Waals surface area contributed by atoms with Gasteiger partial charge in [0.25, 0.3) is 0 Å². The third-order valence-corrected chi connectivity index (χ3v) is 4.29. The molecular weight excluding hydrogens is 246 g/mol. The lowest BCUT2D eigenvalue weighted by molar-refractivity contribution is 0.474. The van der Waals surface area contributed by atoms with E-state index in [-0.39, 0.29) is 16.5 Å². The van der Waals surface area contributed by atoms with Gasteiger partial charge in [0, 0.05) is 6.04 Å². The third kappa shape index (κ3) is 4.42. The molecule has 4 heteroatoms. The summed E-state index contributed by atoms with van der Waals surface area (Å²) in [7, 11) is -1.09. The van der Waals surface area contributed by atoms with E-state index in [4.69, 9.17) is 0 Å². The topological polar surface area (TPSA) is 49.3 Å². The zero-order chi connectivity index (χ0) is 13.8. The van der Waals surface area contributed by atoms with Crippen LogP contribution in [0.4, 0.5) is 0 Å². The average molecular weight is 269 g/mol. The standard InChI is InChI=1S/C14H23NO2S/c1-5-6-13(15-18(17)14(2,3)4)11-7-9-12(16)10-8-11/h7-10,13,15-16H,5-6H2,1-4H3. The molecule has 2 unspecified atom stereocenters. The molecule has 3 nitrogen and oxygen atoms in total. The molecule has 2 N–H and O–H groups in total. The first-order valence-electron chi connectivity index (χ1n) is 6.31. The number of phenolic OH excluding ortho intramolecular Hbond substituents is 1. The molecule has 0 amide bonds. The lowest BCUT2D eigenvalue weighted by Gasteiger charge is -2.24. The molecule has 0 bridgehead atoms. The van der Waals surface area contributed by atoms with E-state index >= 15 is 0 Å². The summed E-state index contributed by atoms with van der Waals surface area (Å²) in [5.74, 6) is 0.256. The van der Waals surface area contributed by atoms with Crippen molar-refractivity contribution in [2.75, 3.05) is 0 Å². The molecule has 18 heavy (non-hydrogen) atoms. The molecule has 0 aliphatic rings. The van der Waals surface area contributed by atoms with E-state index in [0.717, 1.165) is 18.4 Å². The van der Waals surface area contributed by atoms with Gasteiger partial charge in [-0.1, -0.05) is 25.5 Å². The smallest absolute Gasteiger partial charge is 0.115 e. The summed E-state index contributed by atoms with van der Waals surface area (Å²) in [5, 5.41) is 9.30. The minimum absolute atomic E-state index is 0.0654. The predicted octanol–water partition coefficient (Wildman–Crippen LogP) is 3.29. The Morgan fingerprint density at radius 3 is 2.28 bits per heavy atom. The molecule has 0 saturated carbocycles. The predicted molar refractivity (Wildman–Crippen MR) is 76.8 cm³/mol. The third-order valence-electron chi connectivity index (χ3n) is 2.68. The maximum Gasteiger partial charge on any atom is 0.115 e. The molecule has 2 atom stereocenters. The molecule has 0 spiro atoms. The number of hydrogen-bond acceptors (Lipinski definition) is 2. The number of hydrogen-bond donors (Lipinski definition) is 2. The lowest BCUT2D eigenvalue weighted by atomic mass is 10.0. The molecule has 0 heterocycles. The quantitative estimate of drug-likeness (QED) is 0.861. The fraction of sp³-hybridized carbons (Fsp3) is 0.571. The van der Waals surface area contributed by atoms with E-state index in [1.54, 1.807) is 12.1 Å². The van der Waals surface area contributed by atoms with E-state index in [2.05, 4.69) is 11.6 Å². The fourth-order valence-electron chi connectivity index (χ4n) is 1.59. The Labute approximate surface area is 112 Å². The van der Waals surface area contributed by atoms with Gasteiger partial charge in [-0.2, -0.15) is 0 Å². The van der Waals surface area contributed by atoms with Crippen LogP contribution in [-0.2, 0) is 11.0 Å². The minimum atomic E-state index is -1.09. The Morgan fingerprint density at radius 2 is 1.83 bits per heavy atom. The highest BCUT2D eigenvalue weighted by atomic mass is 32.2. The number of phenols is 1. The Kier molecular flexibility index (Phi) is 5.35. The normalized spacial score (nSPS) is 15.3. The van der Waals surface area contributed by atoms with Crippen molar-refractivity contribution in [2.24, 2.45) is 0 Å². The second-order valence-electron chi connectivity index (χ2n) is 5.43. The monoisotopic (exact) mass is 269 g/mol. The highest BCUT2D eigenvalue weighted by Gasteiger charge is 2.23. The first-order chi connectivity index (χ1) is 8.34. The number of aromatic hydroxyl groups is 1. The second-order valence-corrected chi connectivity index (χ2v) is 7.43. The van der Waals surface area contributed by atoms with Crippen LogP contribution in [0.25, 0.3) is 0 Å². The Bertz CT molecular complexity index is 395. The van der Waals surface area contributed by atoms with Crippen LogP contribution in [0.3, 0.4) is 0 Å². The highest BCUT2D eigenvalue weighted by molar-refractivity contribution is 7.84. The molecular formula is C14H23NO2S. The average Bonchev–Trinajstić information content (AvgIpc) is 2.28. The van der Waals surface area contributed by atoms with Gasteiger partial charge in [0.15, 0.2) is 0 Å². The Hall–Kier alpha value is -0.870. The van der Waals surface area contributed by atoms with Gasteiger partial charge in [0.05, 0.1) is 15.7 Å². The van der Waals surface area contributed by atoms with Crippen LogP contribution in [-0.4, -0.2) is 14.1 Å². The van der Waals surface area contributed by atoms with Crippen molar-refractivity contribution >= 4 is 11.0 Å². The van der Waals surface area contributed by atoms with Gasteiger partial charge in [0.1, 0.15) is 5.75 Å². The number of rotatable bonds is 5. The summed E-state index contributed by atoms with van der Waals surface area (Å²) in [6, 6.07) is 7.15. The molecule has 1 rings (SSSR count). The number of nitrogens with one attached hydrogen (secondary N) is 1.